The van der Waals surface area contributed by atoms with Gasteiger partial charge in [0.1, 0.15) is 5.52 Å². The van der Waals surface area contributed by atoms with Crippen LogP contribution in [0.1, 0.15) is 19.8 Å². The number of aromatic amines is 1. The molecule has 0 aromatic carbocycles. The number of nitrogen functional groups attached to an aromatic ring is 1. The van der Waals surface area contributed by atoms with Crippen molar-refractivity contribution in [3.8, 4) is 0 Å². The van der Waals surface area contributed by atoms with Crippen molar-refractivity contribution in [3.63, 3.8) is 0 Å². The first kappa shape index (κ1) is 11.9. The quantitative estimate of drug-likeness (QED) is 0.791. The molecule has 4 rings (SSSR count). The molecule has 4 heterocycles. The summed E-state index contributed by atoms with van der Waals surface area (Å²) in [5, 5.41) is 0. The number of nitrogens with zero attached hydrogens (tertiary/aromatic N) is 5. The van der Waals surface area contributed by atoms with Gasteiger partial charge in [0.2, 0.25) is 5.95 Å². The van der Waals surface area contributed by atoms with Crippen LogP contribution in [0.4, 0.5) is 11.8 Å². The number of rotatable bonds is 1. The van der Waals surface area contributed by atoms with E-state index in [4.69, 9.17) is 5.73 Å². The highest BCUT2D eigenvalue weighted by molar-refractivity contribution is 5.84. The van der Waals surface area contributed by atoms with E-state index in [0.717, 1.165) is 24.4 Å². The molecule has 2 fully saturated rings. The van der Waals surface area contributed by atoms with Crippen molar-refractivity contribution in [3.05, 3.63) is 6.33 Å². The van der Waals surface area contributed by atoms with Gasteiger partial charge in [-0.1, -0.05) is 0 Å². The van der Waals surface area contributed by atoms with Crippen molar-refractivity contribution in [2.75, 3.05) is 30.3 Å². The molecule has 2 aromatic rings. The number of piperazine rings is 1. The fraction of sp³-hybridized carbons (Fsp3) is 0.615. The molecule has 2 unspecified atom stereocenters. The van der Waals surface area contributed by atoms with Crippen molar-refractivity contribution >= 4 is 22.9 Å². The van der Waals surface area contributed by atoms with Crippen LogP contribution < -0.4 is 10.6 Å². The summed E-state index contributed by atoms with van der Waals surface area (Å²) >= 11 is 0. The third kappa shape index (κ3) is 1.73. The average Bonchev–Trinajstić information content (AvgIpc) is 3.04. The van der Waals surface area contributed by atoms with Crippen LogP contribution in [0.5, 0.6) is 0 Å². The van der Waals surface area contributed by atoms with E-state index in [0.29, 0.717) is 23.7 Å². The summed E-state index contributed by atoms with van der Waals surface area (Å²) in [6, 6.07) is 1.06. The Bertz CT molecular complexity index is 637. The van der Waals surface area contributed by atoms with Gasteiger partial charge in [0, 0.05) is 25.2 Å². The van der Waals surface area contributed by atoms with Crippen molar-refractivity contribution in [2.24, 2.45) is 0 Å². The Hall–Kier alpha value is -1.89. The first-order valence-electron chi connectivity index (χ1n) is 7.19. The summed E-state index contributed by atoms with van der Waals surface area (Å²) in [6.07, 6.45) is 4.23. The molecular weight excluding hydrogens is 254 g/mol. The number of anilines is 2. The Kier molecular flexibility index (Phi) is 2.56. The largest absolute Gasteiger partial charge is 0.368 e. The standard InChI is InChI=1S/C13H19N7/c1-8-5-19-4-2-3-9(19)6-20(8)12-10-11(16-7-15-10)17-13(14)18-12/h7-9H,2-6H2,1H3,(H3,14,15,16,17,18). The van der Waals surface area contributed by atoms with Gasteiger partial charge in [-0.2, -0.15) is 9.97 Å². The molecule has 20 heavy (non-hydrogen) atoms. The van der Waals surface area contributed by atoms with E-state index < -0.39 is 0 Å². The van der Waals surface area contributed by atoms with Gasteiger partial charge in [-0.05, 0) is 26.3 Å². The maximum Gasteiger partial charge on any atom is 0.224 e. The van der Waals surface area contributed by atoms with E-state index in [2.05, 4.69) is 36.7 Å². The lowest BCUT2D eigenvalue weighted by atomic mass is 10.1. The second-order valence-corrected chi connectivity index (χ2v) is 5.80. The average molecular weight is 273 g/mol. The lowest BCUT2D eigenvalue weighted by molar-refractivity contribution is 0.202. The van der Waals surface area contributed by atoms with Gasteiger partial charge in [0.15, 0.2) is 11.5 Å². The van der Waals surface area contributed by atoms with E-state index >= 15 is 0 Å². The molecule has 2 saturated heterocycles. The highest BCUT2D eigenvalue weighted by Crippen LogP contribution is 2.30. The van der Waals surface area contributed by atoms with Gasteiger partial charge < -0.3 is 15.6 Å². The predicted molar refractivity (Wildman–Crippen MR) is 77.5 cm³/mol. The summed E-state index contributed by atoms with van der Waals surface area (Å²) in [6.45, 7) is 5.57. The van der Waals surface area contributed by atoms with Crippen LogP contribution in [0.2, 0.25) is 0 Å². The molecule has 7 heteroatoms. The first-order chi connectivity index (χ1) is 9.72. The zero-order valence-corrected chi connectivity index (χ0v) is 11.6. The Labute approximate surface area is 117 Å². The fourth-order valence-electron chi connectivity index (χ4n) is 3.52. The van der Waals surface area contributed by atoms with E-state index in [-0.39, 0.29) is 0 Å². The number of fused-ring (bicyclic) bond motifs is 2. The van der Waals surface area contributed by atoms with Crippen LogP contribution in [0.25, 0.3) is 11.2 Å². The molecule has 7 nitrogen and oxygen atoms in total. The van der Waals surface area contributed by atoms with E-state index in [9.17, 15) is 0 Å². The number of nitrogens with one attached hydrogen (secondary N) is 1. The molecule has 2 aromatic heterocycles. The lowest BCUT2D eigenvalue weighted by Crippen LogP contribution is -2.55. The molecule has 2 aliphatic rings. The van der Waals surface area contributed by atoms with E-state index in [1.807, 2.05) is 0 Å². The Morgan fingerprint density at radius 2 is 2.25 bits per heavy atom. The minimum Gasteiger partial charge on any atom is -0.368 e. The number of hydrogen-bond donors (Lipinski definition) is 2. The second kappa shape index (κ2) is 4.31. The molecule has 0 radical (unpaired) electrons. The van der Waals surface area contributed by atoms with E-state index in [1.165, 1.54) is 19.4 Å². The van der Waals surface area contributed by atoms with E-state index in [1.54, 1.807) is 6.33 Å². The molecule has 0 aliphatic carbocycles. The minimum atomic E-state index is 0.292. The van der Waals surface area contributed by atoms with Crippen LogP contribution >= 0.6 is 0 Å². The van der Waals surface area contributed by atoms with Gasteiger partial charge in [0.25, 0.3) is 0 Å². The van der Waals surface area contributed by atoms with Crippen LogP contribution in [0.3, 0.4) is 0 Å². The molecule has 2 atom stereocenters. The third-order valence-corrected chi connectivity index (χ3v) is 4.49. The van der Waals surface area contributed by atoms with Crippen molar-refractivity contribution in [1.29, 1.82) is 0 Å². The van der Waals surface area contributed by atoms with Crippen LogP contribution in [-0.2, 0) is 0 Å². The molecule has 0 saturated carbocycles. The SMILES string of the molecule is CC1CN2CCCC2CN1c1nc(N)nc2nc[nH]c12. The van der Waals surface area contributed by atoms with Gasteiger partial charge >= 0.3 is 0 Å². The van der Waals surface area contributed by atoms with Crippen molar-refractivity contribution < 1.29 is 0 Å². The predicted octanol–water partition coefficient (Wildman–Crippen LogP) is 0.608. The summed E-state index contributed by atoms with van der Waals surface area (Å²) in [5.74, 6) is 1.18. The topological polar surface area (TPSA) is 87.0 Å². The molecule has 2 aliphatic heterocycles. The summed E-state index contributed by atoms with van der Waals surface area (Å²) in [5.41, 5.74) is 7.36. The van der Waals surface area contributed by atoms with Crippen molar-refractivity contribution in [1.82, 2.24) is 24.8 Å². The maximum absolute atomic E-state index is 5.83. The fourth-order valence-corrected chi connectivity index (χ4v) is 3.52. The molecule has 106 valence electrons. The van der Waals surface area contributed by atoms with Gasteiger partial charge in [-0.15, -0.1) is 0 Å². The van der Waals surface area contributed by atoms with Gasteiger partial charge in [-0.3, -0.25) is 4.90 Å². The molecular formula is C13H19N7. The Balaban J connectivity index is 1.76. The maximum atomic E-state index is 5.83. The monoisotopic (exact) mass is 273 g/mol. The number of hydrogen-bond acceptors (Lipinski definition) is 6. The highest BCUT2D eigenvalue weighted by Gasteiger charge is 2.35. The normalized spacial score (nSPS) is 27.1. The number of nitrogens with two attached hydrogens (primary N) is 1. The van der Waals surface area contributed by atoms with Crippen LogP contribution in [-0.4, -0.2) is 56.6 Å². The number of H-pyrrole nitrogens is 1. The van der Waals surface area contributed by atoms with Crippen molar-refractivity contribution in [2.45, 2.75) is 31.8 Å². The van der Waals surface area contributed by atoms with Crippen LogP contribution in [0.15, 0.2) is 6.33 Å². The minimum absolute atomic E-state index is 0.292. The molecule has 3 N–H and O–H groups in total. The molecule has 0 spiro atoms. The number of imidazole rings is 1. The smallest absolute Gasteiger partial charge is 0.224 e. The van der Waals surface area contributed by atoms with Gasteiger partial charge in [0.05, 0.1) is 6.33 Å². The molecule has 0 bridgehead atoms. The lowest BCUT2D eigenvalue weighted by Gasteiger charge is -2.43. The third-order valence-electron chi connectivity index (χ3n) is 4.49. The van der Waals surface area contributed by atoms with Crippen LogP contribution in [0, 0.1) is 0 Å². The zero-order valence-electron chi connectivity index (χ0n) is 11.6. The number of aromatic nitrogens is 4. The molecule has 0 amide bonds. The highest BCUT2D eigenvalue weighted by atomic mass is 15.3. The summed E-state index contributed by atoms with van der Waals surface area (Å²) < 4.78 is 0. The summed E-state index contributed by atoms with van der Waals surface area (Å²) in [4.78, 5) is 20.9. The van der Waals surface area contributed by atoms with Gasteiger partial charge in [-0.25, -0.2) is 4.98 Å². The zero-order chi connectivity index (χ0) is 13.7. The Morgan fingerprint density at radius 1 is 1.35 bits per heavy atom. The Morgan fingerprint density at radius 3 is 3.15 bits per heavy atom. The summed E-state index contributed by atoms with van der Waals surface area (Å²) in [7, 11) is 0. The second-order valence-electron chi connectivity index (χ2n) is 5.80. The first-order valence-corrected chi connectivity index (χ1v) is 7.19.